The highest BCUT2D eigenvalue weighted by atomic mass is 35.5. The molecule has 0 saturated carbocycles. The predicted molar refractivity (Wildman–Crippen MR) is 96.0 cm³/mol. The van der Waals surface area contributed by atoms with E-state index in [9.17, 15) is 23.1 Å². The average molecular weight is 415 g/mol. The van der Waals surface area contributed by atoms with E-state index in [0.717, 1.165) is 6.07 Å². The van der Waals surface area contributed by atoms with Gasteiger partial charge >= 0.3 is 6.18 Å². The third kappa shape index (κ3) is 3.94. The lowest BCUT2D eigenvalue weighted by Crippen LogP contribution is -2.25. The Hall–Kier alpha value is -2.51. The molecule has 1 heterocycles. The summed E-state index contributed by atoms with van der Waals surface area (Å²) in [7, 11) is 0. The number of aromatic nitrogens is 1. The second-order valence-electron chi connectivity index (χ2n) is 5.65. The van der Waals surface area contributed by atoms with Crippen molar-refractivity contribution >= 4 is 39.9 Å². The number of carbonyl (C=O) groups is 1. The van der Waals surface area contributed by atoms with E-state index in [1.165, 1.54) is 36.5 Å². The Morgan fingerprint density at radius 1 is 1.19 bits per heavy atom. The molecule has 0 radical (unpaired) electrons. The summed E-state index contributed by atoms with van der Waals surface area (Å²) in [6.45, 7) is -0.314. The molecular weight excluding hydrogens is 404 g/mol. The molecule has 4 nitrogen and oxygen atoms in total. The van der Waals surface area contributed by atoms with E-state index in [4.69, 9.17) is 23.2 Å². The molecule has 0 aliphatic carbocycles. The van der Waals surface area contributed by atoms with Crippen LogP contribution in [-0.4, -0.2) is 16.0 Å². The number of nitrogens with zero attached hydrogens (tertiary/aromatic N) is 1. The molecule has 3 rings (SSSR count). The quantitative estimate of drug-likeness (QED) is 0.619. The van der Waals surface area contributed by atoms with Gasteiger partial charge in [0.1, 0.15) is 5.69 Å². The molecule has 1 amide bonds. The standard InChI is InChI=1S/C18H11Cl2F3N2O2/c19-13-5-10-6-14(24-8-11(10)15(20)16(13)26)17(27)25-7-9-3-1-2-4-12(9)18(21,22)23/h1-6,8,26H,7H2,(H,25,27). The van der Waals surface area contributed by atoms with Gasteiger partial charge in [-0.2, -0.15) is 13.2 Å². The van der Waals surface area contributed by atoms with E-state index in [-0.39, 0.29) is 33.6 Å². The number of amides is 1. The number of alkyl halides is 3. The van der Waals surface area contributed by atoms with Crippen LogP contribution >= 0.6 is 23.2 Å². The number of phenolic OH excluding ortho intramolecular Hbond substituents is 1. The zero-order chi connectivity index (χ0) is 19.8. The Kier molecular flexibility index (Phi) is 5.17. The van der Waals surface area contributed by atoms with Crippen LogP contribution in [-0.2, 0) is 12.7 Å². The number of benzene rings is 2. The maximum atomic E-state index is 13.0. The van der Waals surface area contributed by atoms with Crippen molar-refractivity contribution in [3.05, 3.63) is 69.5 Å². The third-order valence-corrected chi connectivity index (χ3v) is 4.55. The van der Waals surface area contributed by atoms with Crippen molar-refractivity contribution in [1.29, 1.82) is 0 Å². The minimum atomic E-state index is -4.52. The minimum absolute atomic E-state index is 0.00365. The number of hydrogen-bond acceptors (Lipinski definition) is 3. The van der Waals surface area contributed by atoms with Crippen molar-refractivity contribution in [2.45, 2.75) is 12.7 Å². The van der Waals surface area contributed by atoms with Crippen molar-refractivity contribution in [3.8, 4) is 5.75 Å². The molecule has 27 heavy (non-hydrogen) atoms. The molecule has 0 unspecified atom stereocenters. The number of phenols is 1. The van der Waals surface area contributed by atoms with Gasteiger partial charge in [0.2, 0.25) is 0 Å². The summed E-state index contributed by atoms with van der Waals surface area (Å²) >= 11 is 11.8. The largest absolute Gasteiger partial charge is 0.505 e. The summed E-state index contributed by atoms with van der Waals surface area (Å²) in [5.41, 5.74) is -0.897. The molecule has 2 aromatic carbocycles. The van der Waals surface area contributed by atoms with Gasteiger partial charge in [-0.3, -0.25) is 9.78 Å². The number of rotatable bonds is 3. The fraction of sp³-hybridized carbons (Fsp3) is 0.111. The van der Waals surface area contributed by atoms with Gasteiger partial charge in [0, 0.05) is 18.1 Å². The maximum Gasteiger partial charge on any atom is 0.416 e. The van der Waals surface area contributed by atoms with E-state index in [2.05, 4.69) is 10.3 Å². The first-order chi connectivity index (χ1) is 12.7. The predicted octanol–water partition coefficient (Wildman–Crippen LogP) is 5.20. The monoisotopic (exact) mass is 414 g/mol. The summed E-state index contributed by atoms with van der Waals surface area (Å²) in [4.78, 5) is 16.2. The first kappa shape index (κ1) is 19.3. The lowest BCUT2D eigenvalue weighted by atomic mass is 10.1. The fourth-order valence-electron chi connectivity index (χ4n) is 2.55. The Labute approximate surface area is 161 Å². The molecule has 0 fully saturated rings. The first-order valence-corrected chi connectivity index (χ1v) is 8.34. The average Bonchev–Trinajstić information content (AvgIpc) is 2.63. The van der Waals surface area contributed by atoms with E-state index < -0.39 is 17.6 Å². The normalized spacial score (nSPS) is 11.6. The van der Waals surface area contributed by atoms with Crippen LogP contribution < -0.4 is 5.32 Å². The summed E-state index contributed by atoms with van der Waals surface area (Å²) in [6.07, 6.45) is -3.23. The van der Waals surface area contributed by atoms with Crippen molar-refractivity contribution in [1.82, 2.24) is 10.3 Å². The van der Waals surface area contributed by atoms with Crippen molar-refractivity contribution < 1.29 is 23.1 Å². The van der Waals surface area contributed by atoms with Crippen molar-refractivity contribution in [2.75, 3.05) is 0 Å². The van der Waals surface area contributed by atoms with Gasteiger partial charge in [-0.15, -0.1) is 0 Å². The van der Waals surface area contributed by atoms with E-state index in [1.807, 2.05) is 0 Å². The number of aromatic hydroxyl groups is 1. The number of hydrogen-bond donors (Lipinski definition) is 2. The number of halogens is 5. The highest BCUT2D eigenvalue weighted by Crippen LogP contribution is 2.38. The third-order valence-electron chi connectivity index (χ3n) is 3.88. The molecule has 0 aliphatic rings. The Morgan fingerprint density at radius 3 is 2.59 bits per heavy atom. The summed E-state index contributed by atoms with van der Waals surface area (Å²) in [5.74, 6) is -0.956. The summed E-state index contributed by atoms with van der Waals surface area (Å²) in [5, 5.41) is 13.0. The van der Waals surface area contributed by atoms with Gasteiger partial charge in [-0.05, 0) is 29.1 Å². The van der Waals surface area contributed by atoms with Gasteiger partial charge in [0.25, 0.3) is 5.91 Å². The maximum absolute atomic E-state index is 13.0. The van der Waals surface area contributed by atoms with Crippen LogP contribution in [0.2, 0.25) is 10.0 Å². The molecule has 1 aromatic heterocycles. The number of pyridine rings is 1. The van der Waals surface area contributed by atoms with E-state index in [1.54, 1.807) is 0 Å². The molecule has 0 saturated heterocycles. The molecule has 0 aliphatic heterocycles. The second-order valence-corrected chi connectivity index (χ2v) is 6.43. The number of carbonyl (C=O) groups excluding carboxylic acids is 1. The van der Waals surface area contributed by atoms with Crippen LogP contribution in [0.25, 0.3) is 10.8 Å². The van der Waals surface area contributed by atoms with Gasteiger partial charge in [0.15, 0.2) is 5.75 Å². The summed E-state index contributed by atoms with van der Waals surface area (Å²) < 4.78 is 39.0. The SMILES string of the molecule is O=C(NCc1ccccc1C(F)(F)F)c1cc2cc(Cl)c(O)c(Cl)c2cn1. The lowest BCUT2D eigenvalue weighted by Gasteiger charge is -2.13. The molecule has 3 aromatic rings. The molecule has 2 N–H and O–H groups in total. The van der Waals surface area contributed by atoms with Crippen molar-refractivity contribution in [3.63, 3.8) is 0 Å². The van der Waals surface area contributed by atoms with Crippen LogP contribution in [0.3, 0.4) is 0 Å². The Morgan fingerprint density at radius 2 is 1.89 bits per heavy atom. The van der Waals surface area contributed by atoms with Gasteiger partial charge in [0.05, 0.1) is 15.6 Å². The Bertz CT molecular complexity index is 1040. The number of nitrogens with one attached hydrogen (secondary N) is 1. The molecule has 0 bridgehead atoms. The zero-order valence-electron chi connectivity index (χ0n) is 13.4. The molecule has 140 valence electrons. The van der Waals surface area contributed by atoms with Gasteiger partial charge in [-0.1, -0.05) is 41.4 Å². The minimum Gasteiger partial charge on any atom is -0.505 e. The number of fused-ring (bicyclic) bond motifs is 1. The van der Waals surface area contributed by atoms with Crippen molar-refractivity contribution in [2.24, 2.45) is 0 Å². The first-order valence-electron chi connectivity index (χ1n) is 7.58. The van der Waals surface area contributed by atoms with Crippen LogP contribution in [0, 0.1) is 0 Å². The van der Waals surface area contributed by atoms with Crippen LogP contribution in [0.15, 0.2) is 42.6 Å². The Balaban J connectivity index is 1.85. The van der Waals surface area contributed by atoms with Gasteiger partial charge < -0.3 is 10.4 Å². The van der Waals surface area contributed by atoms with Crippen LogP contribution in [0.1, 0.15) is 21.6 Å². The second kappa shape index (κ2) is 7.25. The van der Waals surface area contributed by atoms with Gasteiger partial charge in [-0.25, -0.2) is 0 Å². The fourth-order valence-corrected chi connectivity index (χ4v) is 3.07. The summed E-state index contributed by atoms with van der Waals surface area (Å²) in [6, 6.07) is 7.78. The lowest BCUT2D eigenvalue weighted by molar-refractivity contribution is -0.138. The van der Waals surface area contributed by atoms with Crippen LogP contribution in [0.4, 0.5) is 13.2 Å². The molecule has 0 atom stereocenters. The highest BCUT2D eigenvalue weighted by molar-refractivity contribution is 6.41. The van der Waals surface area contributed by atoms with Crippen LogP contribution in [0.5, 0.6) is 5.75 Å². The highest BCUT2D eigenvalue weighted by Gasteiger charge is 2.32. The zero-order valence-corrected chi connectivity index (χ0v) is 15.0. The molecular formula is C18H11Cl2F3N2O2. The molecule has 9 heteroatoms. The van der Waals surface area contributed by atoms with E-state index >= 15 is 0 Å². The topological polar surface area (TPSA) is 62.2 Å². The molecule has 0 spiro atoms. The van der Waals surface area contributed by atoms with E-state index in [0.29, 0.717) is 10.8 Å². The smallest absolute Gasteiger partial charge is 0.416 e.